The molecule has 0 saturated carbocycles. The summed E-state index contributed by atoms with van der Waals surface area (Å²) in [6.45, 7) is 6.21. The van der Waals surface area contributed by atoms with E-state index in [9.17, 15) is 9.59 Å². The molecule has 0 saturated heterocycles. The number of fused-ring (bicyclic) bond motifs is 1. The minimum atomic E-state index is -0.216. The van der Waals surface area contributed by atoms with Gasteiger partial charge in [0.2, 0.25) is 0 Å². The fraction of sp³-hybridized carbons (Fsp3) is 0.333. The van der Waals surface area contributed by atoms with Crippen molar-refractivity contribution in [3.8, 4) is 0 Å². The molecule has 0 aliphatic rings. The Morgan fingerprint density at radius 1 is 1.18 bits per heavy atom. The molecule has 0 bridgehead atoms. The molecule has 0 aliphatic carbocycles. The summed E-state index contributed by atoms with van der Waals surface area (Å²) in [4.78, 5) is 29.1. The topological polar surface area (TPSA) is 88.9 Å². The predicted octanol–water partition coefficient (Wildman–Crippen LogP) is 2.74. The van der Waals surface area contributed by atoms with Gasteiger partial charge in [-0.2, -0.15) is 5.10 Å². The molecule has 7 heteroatoms. The van der Waals surface area contributed by atoms with Gasteiger partial charge in [-0.3, -0.25) is 14.3 Å². The fourth-order valence-electron chi connectivity index (χ4n) is 2.95. The lowest BCUT2D eigenvalue weighted by Gasteiger charge is -2.12. The van der Waals surface area contributed by atoms with Crippen LogP contribution in [-0.4, -0.2) is 32.6 Å². The lowest BCUT2D eigenvalue weighted by atomic mass is 10.1. The van der Waals surface area contributed by atoms with Gasteiger partial charge in [0.15, 0.2) is 5.65 Å². The van der Waals surface area contributed by atoms with Crippen LogP contribution >= 0.6 is 0 Å². The molecule has 1 aromatic carbocycles. The van der Waals surface area contributed by atoms with Crippen molar-refractivity contribution < 1.29 is 9.59 Å². The fourth-order valence-corrected chi connectivity index (χ4v) is 2.95. The molecule has 3 aromatic rings. The van der Waals surface area contributed by atoms with Gasteiger partial charge < -0.3 is 10.6 Å². The summed E-state index contributed by atoms with van der Waals surface area (Å²) in [7, 11) is 1.83. The number of benzene rings is 1. The first-order valence-electron chi connectivity index (χ1n) is 9.36. The largest absolute Gasteiger partial charge is 0.350 e. The Morgan fingerprint density at radius 2 is 1.96 bits per heavy atom. The van der Waals surface area contributed by atoms with Gasteiger partial charge in [-0.25, -0.2) is 4.98 Å². The third-order valence-electron chi connectivity index (χ3n) is 4.76. The summed E-state index contributed by atoms with van der Waals surface area (Å²) in [6, 6.07) is 9.19. The van der Waals surface area contributed by atoms with Crippen LogP contribution in [0.2, 0.25) is 0 Å². The lowest BCUT2D eigenvalue weighted by molar-refractivity contribution is 0.0936. The predicted molar refractivity (Wildman–Crippen MR) is 108 cm³/mol. The average molecular weight is 379 g/mol. The Bertz CT molecular complexity index is 1020. The number of aromatic nitrogens is 3. The van der Waals surface area contributed by atoms with E-state index < -0.39 is 0 Å². The summed E-state index contributed by atoms with van der Waals surface area (Å²) < 4.78 is 1.70. The number of nitrogens with one attached hydrogen (secondary N) is 2. The van der Waals surface area contributed by atoms with Gasteiger partial charge >= 0.3 is 0 Å². The normalized spacial score (nSPS) is 12.0. The van der Waals surface area contributed by atoms with Gasteiger partial charge in [-0.05, 0) is 44.0 Å². The van der Waals surface area contributed by atoms with E-state index in [1.165, 1.54) is 0 Å². The third kappa shape index (κ3) is 4.19. The molecule has 0 aliphatic heterocycles. The molecule has 146 valence electrons. The van der Waals surface area contributed by atoms with Crippen LogP contribution in [0.15, 0.2) is 36.5 Å². The Balaban J connectivity index is 1.68. The van der Waals surface area contributed by atoms with Crippen molar-refractivity contribution in [2.75, 3.05) is 0 Å². The average Bonchev–Trinajstić information content (AvgIpc) is 2.99. The molecule has 0 radical (unpaired) electrons. The number of hydrogen-bond acceptors (Lipinski definition) is 4. The quantitative estimate of drug-likeness (QED) is 0.689. The van der Waals surface area contributed by atoms with Gasteiger partial charge in [-0.1, -0.05) is 19.1 Å². The SMILES string of the molecule is CCC(C)NC(=O)c1cccc(CNC(=O)c2cnc3c(c2)c(C)nn3C)c1. The zero-order chi connectivity index (χ0) is 20.3. The maximum atomic E-state index is 12.5. The van der Waals surface area contributed by atoms with E-state index in [4.69, 9.17) is 0 Å². The second kappa shape index (κ2) is 8.21. The molecule has 28 heavy (non-hydrogen) atoms. The highest BCUT2D eigenvalue weighted by Crippen LogP contribution is 2.16. The number of aryl methyl sites for hydroxylation is 2. The van der Waals surface area contributed by atoms with E-state index in [2.05, 4.69) is 20.7 Å². The molecule has 2 heterocycles. The first-order valence-corrected chi connectivity index (χ1v) is 9.36. The highest BCUT2D eigenvalue weighted by Gasteiger charge is 2.13. The van der Waals surface area contributed by atoms with Gasteiger partial charge in [0.25, 0.3) is 11.8 Å². The van der Waals surface area contributed by atoms with E-state index in [0.717, 1.165) is 28.7 Å². The highest BCUT2D eigenvalue weighted by atomic mass is 16.2. The highest BCUT2D eigenvalue weighted by molar-refractivity contribution is 5.97. The summed E-state index contributed by atoms with van der Waals surface area (Å²) in [6.07, 6.45) is 2.42. The molecule has 1 unspecified atom stereocenters. The maximum absolute atomic E-state index is 12.5. The van der Waals surface area contributed by atoms with Crippen LogP contribution in [-0.2, 0) is 13.6 Å². The molecular formula is C21H25N5O2. The van der Waals surface area contributed by atoms with Crippen molar-refractivity contribution in [3.63, 3.8) is 0 Å². The number of carbonyl (C=O) groups excluding carboxylic acids is 2. The minimum Gasteiger partial charge on any atom is -0.350 e. The molecule has 0 fully saturated rings. The monoisotopic (exact) mass is 379 g/mol. The van der Waals surface area contributed by atoms with E-state index in [1.54, 1.807) is 29.1 Å². The minimum absolute atomic E-state index is 0.107. The summed E-state index contributed by atoms with van der Waals surface area (Å²) in [5.41, 5.74) is 3.50. The Hall–Kier alpha value is -3.22. The Kier molecular flexibility index (Phi) is 5.73. The van der Waals surface area contributed by atoms with Crippen LogP contribution in [0.1, 0.15) is 52.2 Å². The van der Waals surface area contributed by atoms with Crippen molar-refractivity contribution in [1.29, 1.82) is 0 Å². The molecule has 3 rings (SSSR count). The first-order chi connectivity index (χ1) is 13.4. The Labute approximate surface area is 164 Å². The standard InChI is InChI=1S/C21H25N5O2/c1-5-13(2)24-21(28)16-8-6-7-15(9-16)11-23-20(27)17-10-18-14(3)25-26(4)19(18)22-12-17/h6-10,12-13H,5,11H2,1-4H3,(H,23,27)(H,24,28). The summed E-state index contributed by atoms with van der Waals surface area (Å²) >= 11 is 0. The van der Waals surface area contributed by atoms with Crippen molar-refractivity contribution in [2.24, 2.45) is 7.05 Å². The summed E-state index contributed by atoms with van der Waals surface area (Å²) in [5, 5.41) is 11.0. The maximum Gasteiger partial charge on any atom is 0.253 e. The van der Waals surface area contributed by atoms with Crippen molar-refractivity contribution in [1.82, 2.24) is 25.4 Å². The van der Waals surface area contributed by atoms with Crippen molar-refractivity contribution >= 4 is 22.8 Å². The number of carbonyl (C=O) groups is 2. The van der Waals surface area contributed by atoms with Gasteiger partial charge in [0, 0.05) is 36.8 Å². The molecule has 2 aromatic heterocycles. The molecule has 7 nitrogen and oxygen atoms in total. The third-order valence-corrected chi connectivity index (χ3v) is 4.76. The molecule has 2 amide bonds. The first kappa shape index (κ1) is 19.5. The number of amides is 2. The number of pyridine rings is 1. The summed E-state index contributed by atoms with van der Waals surface area (Å²) in [5.74, 6) is -0.323. The zero-order valence-electron chi connectivity index (χ0n) is 16.6. The second-order valence-corrected chi connectivity index (χ2v) is 6.97. The van der Waals surface area contributed by atoms with Crippen LogP contribution in [0.4, 0.5) is 0 Å². The van der Waals surface area contributed by atoms with Crippen LogP contribution in [0.25, 0.3) is 11.0 Å². The zero-order valence-corrected chi connectivity index (χ0v) is 16.6. The van der Waals surface area contributed by atoms with Crippen molar-refractivity contribution in [3.05, 3.63) is 58.9 Å². The van der Waals surface area contributed by atoms with E-state index in [-0.39, 0.29) is 17.9 Å². The van der Waals surface area contributed by atoms with Crippen molar-refractivity contribution in [2.45, 2.75) is 39.8 Å². The lowest BCUT2D eigenvalue weighted by Crippen LogP contribution is -2.32. The smallest absolute Gasteiger partial charge is 0.253 e. The molecule has 2 N–H and O–H groups in total. The Morgan fingerprint density at radius 3 is 2.71 bits per heavy atom. The van der Waals surface area contributed by atoms with Gasteiger partial charge in [-0.15, -0.1) is 0 Å². The molecular weight excluding hydrogens is 354 g/mol. The van der Waals surface area contributed by atoms with Crippen LogP contribution in [0, 0.1) is 6.92 Å². The molecule has 1 atom stereocenters. The molecule has 0 spiro atoms. The number of hydrogen-bond donors (Lipinski definition) is 2. The van der Waals surface area contributed by atoms with E-state index in [0.29, 0.717) is 17.7 Å². The van der Waals surface area contributed by atoms with Gasteiger partial charge in [0.05, 0.1) is 11.3 Å². The van der Waals surface area contributed by atoms with Gasteiger partial charge in [0.1, 0.15) is 0 Å². The van der Waals surface area contributed by atoms with Crippen LogP contribution in [0.5, 0.6) is 0 Å². The number of nitrogens with zero attached hydrogens (tertiary/aromatic N) is 3. The number of rotatable bonds is 6. The van der Waals surface area contributed by atoms with Crippen LogP contribution in [0.3, 0.4) is 0 Å². The van der Waals surface area contributed by atoms with E-state index in [1.807, 2.05) is 40.0 Å². The van der Waals surface area contributed by atoms with Crippen LogP contribution < -0.4 is 10.6 Å². The second-order valence-electron chi connectivity index (χ2n) is 6.97. The van der Waals surface area contributed by atoms with E-state index >= 15 is 0 Å².